The van der Waals surface area contributed by atoms with E-state index in [1.165, 1.54) is 36.0 Å². The fourth-order valence-corrected chi connectivity index (χ4v) is 4.53. The van der Waals surface area contributed by atoms with Gasteiger partial charge in [-0.2, -0.15) is 13.2 Å². The molecule has 3 aromatic carbocycles. The van der Waals surface area contributed by atoms with Gasteiger partial charge in [0.05, 0.1) is 11.3 Å². The first-order valence-corrected chi connectivity index (χ1v) is 10.8. The average Bonchev–Trinajstić information content (AvgIpc) is 3.16. The lowest BCUT2D eigenvalue weighted by Crippen LogP contribution is -2.27. The van der Waals surface area contributed by atoms with E-state index in [-0.39, 0.29) is 22.7 Å². The number of rotatable bonds is 4. The monoisotopic (exact) mass is 475 g/mol. The van der Waals surface area contributed by atoms with Gasteiger partial charge in [-0.25, -0.2) is 9.18 Å². The molecular formula is C23H17F4N3O2S. The molecule has 3 amide bonds. The van der Waals surface area contributed by atoms with Crippen molar-refractivity contribution in [1.29, 1.82) is 0 Å². The van der Waals surface area contributed by atoms with Crippen LogP contribution in [0, 0.1) is 5.82 Å². The van der Waals surface area contributed by atoms with Crippen molar-refractivity contribution in [3.63, 3.8) is 0 Å². The zero-order valence-electron chi connectivity index (χ0n) is 16.9. The quantitative estimate of drug-likeness (QED) is 0.438. The maximum absolute atomic E-state index is 13.3. The molecule has 1 atom stereocenters. The molecule has 10 heteroatoms. The molecular weight excluding hydrogens is 458 g/mol. The van der Waals surface area contributed by atoms with Crippen LogP contribution in [0.2, 0.25) is 0 Å². The molecule has 3 aromatic rings. The third-order valence-electron chi connectivity index (χ3n) is 4.87. The topological polar surface area (TPSA) is 61.4 Å². The Kier molecular flexibility index (Phi) is 6.28. The van der Waals surface area contributed by atoms with Crippen molar-refractivity contribution in [2.45, 2.75) is 11.6 Å². The van der Waals surface area contributed by atoms with E-state index in [1.54, 1.807) is 41.3 Å². The Bertz CT molecular complexity index is 1170. The molecule has 5 nitrogen and oxygen atoms in total. The number of alkyl halides is 3. The van der Waals surface area contributed by atoms with Crippen molar-refractivity contribution in [3.8, 4) is 0 Å². The van der Waals surface area contributed by atoms with Gasteiger partial charge in [0.25, 0.3) is 0 Å². The van der Waals surface area contributed by atoms with Gasteiger partial charge in [0.1, 0.15) is 11.2 Å². The van der Waals surface area contributed by atoms with Gasteiger partial charge >= 0.3 is 12.2 Å². The van der Waals surface area contributed by atoms with E-state index in [9.17, 15) is 27.2 Å². The zero-order chi connectivity index (χ0) is 23.6. The number of carbonyl (C=O) groups is 2. The van der Waals surface area contributed by atoms with Crippen LogP contribution in [0.3, 0.4) is 0 Å². The molecule has 0 spiro atoms. The number of nitrogens with one attached hydrogen (secondary N) is 2. The van der Waals surface area contributed by atoms with E-state index >= 15 is 0 Å². The highest BCUT2D eigenvalue weighted by molar-refractivity contribution is 8.00. The molecule has 0 aliphatic carbocycles. The highest BCUT2D eigenvalue weighted by Crippen LogP contribution is 2.42. The van der Waals surface area contributed by atoms with Crippen LogP contribution in [-0.2, 0) is 11.0 Å². The summed E-state index contributed by atoms with van der Waals surface area (Å²) in [6.45, 7) is 0. The normalized spacial score (nSPS) is 16.1. The summed E-state index contributed by atoms with van der Waals surface area (Å²) in [5.41, 5.74) is 0.956. The Labute approximate surface area is 190 Å². The van der Waals surface area contributed by atoms with Crippen molar-refractivity contribution in [2.24, 2.45) is 0 Å². The molecule has 1 fully saturated rings. The van der Waals surface area contributed by atoms with E-state index < -0.39 is 23.6 Å². The Morgan fingerprint density at radius 3 is 2.27 bits per heavy atom. The number of hydrogen-bond donors (Lipinski definition) is 2. The van der Waals surface area contributed by atoms with Gasteiger partial charge in [0.15, 0.2) is 0 Å². The Morgan fingerprint density at radius 1 is 0.939 bits per heavy atom. The molecule has 0 saturated carbocycles. The Morgan fingerprint density at radius 2 is 1.61 bits per heavy atom. The summed E-state index contributed by atoms with van der Waals surface area (Å²) in [5, 5.41) is 4.63. The molecule has 0 aromatic heterocycles. The number of thioether (sulfide) groups is 1. The van der Waals surface area contributed by atoms with Crippen molar-refractivity contribution in [3.05, 3.63) is 89.7 Å². The molecule has 170 valence electrons. The SMILES string of the molecule is O=C(Nc1ccc([C@H]2SCC(=O)N2c2ccc(F)cc2)cc1)Nc1cccc(C(F)(F)F)c1. The first-order valence-electron chi connectivity index (χ1n) is 9.75. The van der Waals surface area contributed by atoms with Crippen LogP contribution in [0.15, 0.2) is 72.8 Å². The molecule has 1 aliphatic rings. The molecule has 2 N–H and O–H groups in total. The van der Waals surface area contributed by atoms with Crippen LogP contribution in [-0.4, -0.2) is 17.7 Å². The number of anilines is 3. The van der Waals surface area contributed by atoms with Gasteiger partial charge in [-0.05, 0) is 60.2 Å². The van der Waals surface area contributed by atoms with Crippen LogP contribution in [0.1, 0.15) is 16.5 Å². The molecule has 0 radical (unpaired) electrons. The van der Waals surface area contributed by atoms with Gasteiger partial charge in [-0.3, -0.25) is 9.69 Å². The number of urea groups is 1. The number of benzene rings is 3. The van der Waals surface area contributed by atoms with E-state index in [2.05, 4.69) is 10.6 Å². The number of carbonyl (C=O) groups excluding carboxylic acids is 2. The fourth-order valence-electron chi connectivity index (χ4n) is 3.35. The first kappa shape index (κ1) is 22.7. The minimum absolute atomic E-state index is 0.00903. The van der Waals surface area contributed by atoms with Gasteiger partial charge in [0.2, 0.25) is 5.91 Å². The highest BCUT2D eigenvalue weighted by Gasteiger charge is 2.34. The maximum atomic E-state index is 13.3. The van der Waals surface area contributed by atoms with Crippen LogP contribution in [0.4, 0.5) is 39.4 Å². The second-order valence-corrected chi connectivity index (χ2v) is 8.25. The van der Waals surface area contributed by atoms with Crippen molar-refractivity contribution >= 4 is 40.8 Å². The Hall–Kier alpha value is -3.53. The van der Waals surface area contributed by atoms with Crippen LogP contribution in [0.5, 0.6) is 0 Å². The van der Waals surface area contributed by atoms with E-state index in [0.29, 0.717) is 11.4 Å². The summed E-state index contributed by atoms with van der Waals surface area (Å²) in [6, 6.07) is 16.1. The van der Waals surface area contributed by atoms with Crippen molar-refractivity contribution in [1.82, 2.24) is 0 Å². The summed E-state index contributed by atoms with van der Waals surface area (Å²) in [7, 11) is 0. The lowest BCUT2D eigenvalue weighted by molar-refractivity contribution is -0.137. The van der Waals surface area contributed by atoms with Crippen molar-refractivity contribution in [2.75, 3.05) is 21.3 Å². The minimum atomic E-state index is -4.51. The van der Waals surface area contributed by atoms with E-state index in [0.717, 1.165) is 17.7 Å². The summed E-state index contributed by atoms with van der Waals surface area (Å²) in [4.78, 5) is 26.2. The third kappa shape index (κ3) is 5.28. The number of nitrogens with zero attached hydrogens (tertiary/aromatic N) is 1. The summed E-state index contributed by atoms with van der Waals surface area (Å²) in [5.74, 6) is -0.214. The van der Waals surface area contributed by atoms with Gasteiger partial charge in [-0.15, -0.1) is 11.8 Å². The largest absolute Gasteiger partial charge is 0.416 e. The molecule has 1 aliphatic heterocycles. The lowest BCUT2D eigenvalue weighted by atomic mass is 10.1. The molecule has 0 bridgehead atoms. The van der Waals surface area contributed by atoms with Gasteiger partial charge < -0.3 is 10.6 Å². The Balaban J connectivity index is 1.43. The van der Waals surface area contributed by atoms with Gasteiger partial charge in [-0.1, -0.05) is 18.2 Å². The van der Waals surface area contributed by atoms with Crippen LogP contribution < -0.4 is 15.5 Å². The highest BCUT2D eigenvalue weighted by atomic mass is 32.2. The smallest absolute Gasteiger partial charge is 0.308 e. The van der Waals surface area contributed by atoms with Crippen LogP contribution in [0.25, 0.3) is 0 Å². The predicted molar refractivity (Wildman–Crippen MR) is 120 cm³/mol. The molecule has 1 heterocycles. The summed E-state index contributed by atoms with van der Waals surface area (Å²) >= 11 is 1.43. The third-order valence-corrected chi connectivity index (χ3v) is 6.09. The van der Waals surface area contributed by atoms with E-state index in [1.807, 2.05) is 0 Å². The molecule has 0 unspecified atom stereocenters. The summed E-state index contributed by atoms with van der Waals surface area (Å²) in [6.07, 6.45) is -4.51. The second-order valence-electron chi connectivity index (χ2n) is 7.18. The number of hydrogen-bond acceptors (Lipinski definition) is 3. The average molecular weight is 475 g/mol. The summed E-state index contributed by atoms with van der Waals surface area (Å²) < 4.78 is 51.7. The maximum Gasteiger partial charge on any atom is 0.416 e. The number of amides is 3. The predicted octanol–water partition coefficient (Wildman–Crippen LogP) is 6.27. The number of halogens is 4. The minimum Gasteiger partial charge on any atom is -0.308 e. The molecule has 4 rings (SSSR count). The first-order chi connectivity index (χ1) is 15.7. The zero-order valence-corrected chi connectivity index (χ0v) is 17.7. The van der Waals surface area contributed by atoms with E-state index in [4.69, 9.17) is 0 Å². The fraction of sp³-hybridized carbons (Fsp3) is 0.130. The van der Waals surface area contributed by atoms with Crippen LogP contribution >= 0.6 is 11.8 Å². The molecule has 33 heavy (non-hydrogen) atoms. The standard InChI is InChI=1S/C23H17F4N3O2S/c24-16-6-10-19(11-7-16)30-20(31)13-33-21(30)14-4-8-17(9-5-14)28-22(32)29-18-3-1-2-15(12-18)23(25,26)27/h1-12,21H,13H2,(H2,28,29,32)/t21-/m1/s1. The lowest BCUT2D eigenvalue weighted by Gasteiger charge is -2.24. The van der Waals surface area contributed by atoms with Crippen molar-refractivity contribution < 1.29 is 27.2 Å². The van der Waals surface area contributed by atoms with Gasteiger partial charge in [0, 0.05) is 17.1 Å². The second kappa shape index (κ2) is 9.14. The molecule has 1 saturated heterocycles.